The van der Waals surface area contributed by atoms with Crippen molar-refractivity contribution in [3.8, 4) is 44.8 Å². The van der Waals surface area contributed by atoms with Gasteiger partial charge in [0.1, 0.15) is 0 Å². The predicted molar refractivity (Wildman–Crippen MR) is 222 cm³/mol. The van der Waals surface area contributed by atoms with Crippen LogP contribution in [0.25, 0.3) is 94.4 Å². The lowest BCUT2D eigenvalue weighted by atomic mass is 10.00. The fourth-order valence-corrected chi connectivity index (χ4v) is 7.92. The summed E-state index contributed by atoms with van der Waals surface area (Å²) >= 11 is 0. The highest BCUT2D eigenvalue weighted by Crippen LogP contribution is 2.39. The molecule has 0 unspecified atom stereocenters. The van der Waals surface area contributed by atoms with Crippen LogP contribution in [0.4, 0.5) is 0 Å². The van der Waals surface area contributed by atoms with Gasteiger partial charge in [-0.15, -0.1) is 0 Å². The molecule has 2 heteroatoms. The molecule has 0 aliphatic heterocycles. The summed E-state index contributed by atoms with van der Waals surface area (Å²) in [5.74, 6) is 0. The molecule has 10 rings (SSSR count). The van der Waals surface area contributed by atoms with E-state index >= 15 is 0 Å². The molecule has 0 aliphatic carbocycles. The Morgan fingerprint density at radius 1 is 0.308 bits per heavy atom. The van der Waals surface area contributed by atoms with E-state index < -0.39 is 0 Å². The van der Waals surface area contributed by atoms with Gasteiger partial charge in [0.05, 0.1) is 22.1 Å². The van der Waals surface area contributed by atoms with E-state index in [2.05, 4.69) is 204 Å². The Morgan fingerprint density at radius 3 is 1.21 bits per heavy atom. The number of fused-ring (bicyclic) bond motifs is 6. The van der Waals surface area contributed by atoms with Gasteiger partial charge in [-0.1, -0.05) is 134 Å². The van der Waals surface area contributed by atoms with E-state index in [-0.39, 0.29) is 0 Å². The third-order valence-electron chi connectivity index (χ3n) is 10.5. The molecule has 0 fully saturated rings. The standard InChI is InChI=1S/C50H34N2/c1-2-34-17-28-48-44(31-34)46-33-40(23-30-50(46)52(48)42-26-20-38(21-27-42)36-13-7-4-8-14-36)39-22-29-49-45(32-39)43-15-9-10-16-47(43)51(49)41-24-18-37(19-25-41)35-11-5-3-6-12-35/h2-33H,1H2. The summed E-state index contributed by atoms with van der Waals surface area (Å²) in [4.78, 5) is 0. The van der Waals surface area contributed by atoms with Crippen molar-refractivity contribution in [1.82, 2.24) is 9.13 Å². The van der Waals surface area contributed by atoms with Crippen LogP contribution in [0.5, 0.6) is 0 Å². The van der Waals surface area contributed by atoms with Crippen LogP contribution in [-0.2, 0) is 0 Å². The minimum atomic E-state index is 1.11. The lowest BCUT2D eigenvalue weighted by molar-refractivity contribution is 1.18. The Labute approximate surface area is 302 Å². The number of nitrogens with zero attached hydrogens (tertiary/aromatic N) is 2. The van der Waals surface area contributed by atoms with Crippen molar-refractivity contribution in [2.75, 3.05) is 0 Å². The van der Waals surface area contributed by atoms with Crippen LogP contribution in [0, 0.1) is 0 Å². The van der Waals surface area contributed by atoms with Gasteiger partial charge in [0.2, 0.25) is 0 Å². The highest BCUT2D eigenvalue weighted by atomic mass is 15.0. The summed E-state index contributed by atoms with van der Waals surface area (Å²) < 4.78 is 4.77. The number of aromatic nitrogens is 2. The fraction of sp³-hybridized carbons (Fsp3) is 0. The Balaban J connectivity index is 1.10. The van der Waals surface area contributed by atoms with Crippen molar-refractivity contribution in [2.45, 2.75) is 0 Å². The molecule has 0 saturated heterocycles. The molecule has 0 spiro atoms. The molecule has 10 aromatic rings. The molecule has 244 valence electrons. The van der Waals surface area contributed by atoms with E-state index in [4.69, 9.17) is 0 Å². The number of benzene rings is 8. The lowest BCUT2D eigenvalue weighted by Crippen LogP contribution is -1.94. The summed E-state index contributed by atoms with van der Waals surface area (Å²) in [6, 6.07) is 68.2. The van der Waals surface area contributed by atoms with Gasteiger partial charge in [-0.2, -0.15) is 0 Å². The van der Waals surface area contributed by atoms with E-state index in [1.54, 1.807) is 0 Å². The smallest absolute Gasteiger partial charge is 0.0541 e. The van der Waals surface area contributed by atoms with Crippen LogP contribution in [-0.4, -0.2) is 9.13 Å². The van der Waals surface area contributed by atoms with Crippen molar-refractivity contribution in [3.63, 3.8) is 0 Å². The zero-order chi connectivity index (χ0) is 34.6. The van der Waals surface area contributed by atoms with Crippen molar-refractivity contribution in [1.29, 1.82) is 0 Å². The van der Waals surface area contributed by atoms with Crippen molar-refractivity contribution in [3.05, 3.63) is 200 Å². The van der Waals surface area contributed by atoms with Crippen LogP contribution in [0.2, 0.25) is 0 Å². The van der Waals surface area contributed by atoms with E-state index in [1.807, 2.05) is 6.08 Å². The van der Waals surface area contributed by atoms with E-state index in [9.17, 15) is 0 Å². The second kappa shape index (κ2) is 12.2. The monoisotopic (exact) mass is 662 g/mol. The van der Waals surface area contributed by atoms with Crippen LogP contribution in [0.1, 0.15) is 5.56 Å². The summed E-state index contributed by atoms with van der Waals surface area (Å²) in [6.07, 6.45) is 1.93. The highest BCUT2D eigenvalue weighted by molar-refractivity contribution is 6.13. The maximum atomic E-state index is 4.07. The summed E-state index contributed by atoms with van der Waals surface area (Å²) in [6.45, 7) is 4.07. The first-order valence-corrected chi connectivity index (χ1v) is 17.8. The largest absolute Gasteiger partial charge is 0.309 e. The molecule has 0 bridgehead atoms. The number of hydrogen-bond acceptors (Lipinski definition) is 0. The third kappa shape index (κ3) is 4.88. The molecule has 2 heterocycles. The molecule has 0 saturated carbocycles. The Morgan fingerprint density at radius 2 is 0.692 bits per heavy atom. The molecule has 0 aliphatic rings. The minimum absolute atomic E-state index is 1.11. The molecule has 0 amide bonds. The zero-order valence-electron chi connectivity index (χ0n) is 28.6. The van der Waals surface area contributed by atoms with Crippen molar-refractivity contribution in [2.24, 2.45) is 0 Å². The van der Waals surface area contributed by atoms with E-state index in [1.165, 1.54) is 77.0 Å². The average molecular weight is 663 g/mol. The van der Waals surface area contributed by atoms with E-state index in [0.29, 0.717) is 0 Å². The molecule has 0 radical (unpaired) electrons. The predicted octanol–water partition coefficient (Wildman–Crippen LogP) is 13.5. The average Bonchev–Trinajstić information content (AvgIpc) is 3.73. The highest BCUT2D eigenvalue weighted by Gasteiger charge is 2.17. The Kier molecular flexibility index (Phi) is 7.00. The molecular weight excluding hydrogens is 629 g/mol. The topological polar surface area (TPSA) is 9.86 Å². The van der Waals surface area contributed by atoms with Crippen molar-refractivity contribution < 1.29 is 0 Å². The molecule has 8 aromatic carbocycles. The Hall–Kier alpha value is -6.90. The molecule has 0 atom stereocenters. The molecule has 2 aromatic heterocycles. The van der Waals surface area contributed by atoms with Crippen LogP contribution in [0.15, 0.2) is 195 Å². The summed E-state index contributed by atoms with van der Waals surface area (Å²) in [5.41, 5.74) is 15.4. The van der Waals surface area contributed by atoms with Gasteiger partial charge in [-0.05, 0) is 106 Å². The second-order valence-electron chi connectivity index (χ2n) is 13.5. The fourth-order valence-electron chi connectivity index (χ4n) is 7.92. The number of rotatable bonds is 6. The first-order valence-electron chi connectivity index (χ1n) is 17.8. The summed E-state index contributed by atoms with van der Waals surface area (Å²) in [7, 11) is 0. The van der Waals surface area contributed by atoms with E-state index in [0.717, 1.165) is 16.9 Å². The van der Waals surface area contributed by atoms with Gasteiger partial charge >= 0.3 is 0 Å². The lowest BCUT2D eigenvalue weighted by Gasteiger charge is -2.11. The SMILES string of the molecule is C=Cc1ccc2c(c1)c1cc(-c3ccc4c(c3)c3ccccc3n4-c3ccc(-c4ccccc4)cc3)ccc1n2-c1ccc(-c2ccccc2)cc1. The second-order valence-corrected chi connectivity index (χ2v) is 13.5. The molecule has 52 heavy (non-hydrogen) atoms. The Bertz CT molecular complexity index is 2930. The third-order valence-corrected chi connectivity index (χ3v) is 10.5. The van der Waals surface area contributed by atoms with Gasteiger partial charge in [0.15, 0.2) is 0 Å². The van der Waals surface area contributed by atoms with Crippen LogP contribution in [0.3, 0.4) is 0 Å². The number of para-hydroxylation sites is 1. The maximum Gasteiger partial charge on any atom is 0.0541 e. The van der Waals surface area contributed by atoms with Gasteiger partial charge in [-0.3, -0.25) is 0 Å². The quantitative estimate of drug-likeness (QED) is 0.168. The zero-order valence-corrected chi connectivity index (χ0v) is 28.6. The first kappa shape index (κ1) is 30.0. The van der Waals surface area contributed by atoms with Gasteiger partial charge in [-0.25, -0.2) is 0 Å². The summed E-state index contributed by atoms with van der Waals surface area (Å²) in [5, 5.41) is 4.94. The normalized spacial score (nSPS) is 11.5. The molecule has 2 nitrogen and oxygen atoms in total. The van der Waals surface area contributed by atoms with Crippen LogP contribution < -0.4 is 0 Å². The molecular formula is C50H34N2. The minimum Gasteiger partial charge on any atom is -0.309 e. The van der Waals surface area contributed by atoms with Gasteiger partial charge < -0.3 is 9.13 Å². The first-order chi connectivity index (χ1) is 25.7. The van der Waals surface area contributed by atoms with Crippen LogP contribution >= 0.6 is 0 Å². The number of hydrogen-bond donors (Lipinski definition) is 0. The van der Waals surface area contributed by atoms with Gasteiger partial charge in [0, 0.05) is 32.9 Å². The maximum absolute atomic E-state index is 4.07. The molecule has 0 N–H and O–H groups in total. The van der Waals surface area contributed by atoms with Gasteiger partial charge in [0.25, 0.3) is 0 Å². The van der Waals surface area contributed by atoms with Crippen molar-refractivity contribution >= 4 is 49.7 Å².